The molecule has 1 atom stereocenters. The van der Waals surface area contributed by atoms with Gasteiger partial charge in [-0.15, -0.1) is 0 Å². The Morgan fingerprint density at radius 1 is 1.07 bits per heavy atom. The Labute approximate surface area is 158 Å². The Bertz CT molecular complexity index is 859. The Morgan fingerprint density at radius 3 is 2.48 bits per heavy atom. The highest BCUT2D eigenvalue weighted by molar-refractivity contribution is 5.98. The third-order valence-corrected chi connectivity index (χ3v) is 4.11. The van der Waals surface area contributed by atoms with E-state index in [1.807, 2.05) is 26.0 Å². The zero-order valence-corrected chi connectivity index (χ0v) is 15.9. The Morgan fingerprint density at radius 2 is 1.78 bits per heavy atom. The first-order valence-electron chi connectivity index (χ1n) is 8.58. The highest BCUT2D eigenvalue weighted by atomic mass is 16.6. The van der Waals surface area contributed by atoms with Crippen LogP contribution in [0, 0.1) is 13.8 Å². The maximum absolute atomic E-state index is 12.2. The van der Waals surface area contributed by atoms with Crippen LogP contribution in [0.15, 0.2) is 42.5 Å². The maximum atomic E-state index is 12.2. The van der Waals surface area contributed by atoms with Crippen molar-refractivity contribution >= 4 is 23.3 Å². The molecule has 0 saturated heterocycles. The van der Waals surface area contributed by atoms with E-state index in [4.69, 9.17) is 9.47 Å². The molecule has 6 heteroatoms. The molecule has 0 spiro atoms. The lowest BCUT2D eigenvalue weighted by Gasteiger charge is -2.15. The number of aryl methyl sites for hydroxylation is 1. The fourth-order valence-electron chi connectivity index (χ4n) is 2.36. The van der Waals surface area contributed by atoms with Gasteiger partial charge in [0.1, 0.15) is 5.75 Å². The van der Waals surface area contributed by atoms with Crippen LogP contribution in [-0.4, -0.2) is 30.4 Å². The number of hydrogen-bond acceptors (Lipinski definition) is 5. The first kappa shape index (κ1) is 20.2. The van der Waals surface area contributed by atoms with Crippen molar-refractivity contribution in [1.29, 1.82) is 0 Å². The number of anilines is 1. The number of esters is 1. The van der Waals surface area contributed by atoms with Crippen molar-refractivity contribution in [3.05, 3.63) is 59.2 Å². The fraction of sp³-hybridized carbons (Fsp3) is 0.286. The quantitative estimate of drug-likeness (QED) is 0.597. The van der Waals surface area contributed by atoms with Crippen molar-refractivity contribution < 1.29 is 23.9 Å². The summed E-state index contributed by atoms with van der Waals surface area (Å²) in [6, 6.07) is 12.1. The zero-order valence-electron chi connectivity index (χ0n) is 15.9. The van der Waals surface area contributed by atoms with E-state index in [2.05, 4.69) is 5.32 Å². The lowest BCUT2D eigenvalue weighted by Crippen LogP contribution is -2.31. The van der Waals surface area contributed by atoms with Gasteiger partial charge in [0.15, 0.2) is 18.5 Å². The molecule has 0 bridgehead atoms. The molecule has 2 aromatic rings. The van der Waals surface area contributed by atoms with Gasteiger partial charge in [-0.1, -0.05) is 24.3 Å². The number of hydrogen-bond donors (Lipinski definition) is 1. The van der Waals surface area contributed by atoms with Crippen LogP contribution in [0.1, 0.15) is 35.3 Å². The Kier molecular flexibility index (Phi) is 6.71. The zero-order chi connectivity index (χ0) is 20.0. The lowest BCUT2D eigenvalue weighted by molar-refractivity contribution is -0.155. The maximum Gasteiger partial charge on any atom is 0.344 e. The average Bonchev–Trinajstić information content (AvgIpc) is 2.63. The van der Waals surface area contributed by atoms with Gasteiger partial charge < -0.3 is 14.8 Å². The number of carbonyl (C=O) groups is 3. The summed E-state index contributed by atoms with van der Waals surface area (Å²) in [4.78, 5) is 35.5. The summed E-state index contributed by atoms with van der Waals surface area (Å²) in [6.45, 7) is 6.48. The van der Waals surface area contributed by atoms with Crippen LogP contribution in [0.4, 0.5) is 5.69 Å². The summed E-state index contributed by atoms with van der Waals surface area (Å²) in [5, 5.41) is 2.62. The van der Waals surface area contributed by atoms with E-state index in [-0.39, 0.29) is 12.4 Å². The second kappa shape index (κ2) is 8.98. The van der Waals surface area contributed by atoms with Gasteiger partial charge in [0, 0.05) is 11.3 Å². The average molecular weight is 369 g/mol. The summed E-state index contributed by atoms with van der Waals surface area (Å²) in [7, 11) is 0. The second-order valence-corrected chi connectivity index (χ2v) is 6.25. The minimum atomic E-state index is -0.999. The SMILES string of the molecule is CC(=O)c1cccc(NC(=O)[C@@H](C)OC(=O)COc2cccc(C)c2C)c1. The van der Waals surface area contributed by atoms with E-state index in [0.717, 1.165) is 11.1 Å². The molecule has 0 aliphatic carbocycles. The molecule has 142 valence electrons. The van der Waals surface area contributed by atoms with Gasteiger partial charge in [-0.3, -0.25) is 9.59 Å². The van der Waals surface area contributed by atoms with E-state index in [1.54, 1.807) is 30.3 Å². The van der Waals surface area contributed by atoms with Crippen molar-refractivity contribution in [2.24, 2.45) is 0 Å². The Balaban J connectivity index is 1.88. The molecule has 0 aliphatic heterocycles. The van der Waals surface area contributed by atoms with Crippen molar-refractivity contribution in [2.75, 3.05) is 11.9 Å². The third-order valence-electron chi connectivity index (χ3n) is 4.11. The van der Waals surface area contributed by atoms with Gasteiger partial charge in [-0.25, -0.2) is 4.79 Å². The second-order valence-electron chi connectivity index (χ2n) is 6.25. The topological polar surface area (TPSA) is 81.7 Å². The highest BCUT2D eigenvalue weighted by Crippen LogP contribution is 2.20. The highest BCUT2D eigenvalue weighted by Gasteiger charge is 2.19. The van der Waals surface area contributed by atoms with Crippen molar-refractivity contribution in [3.63, 3.8) is 0 Å². The molecule has 1 N–H and O–H groups in total. The summed E-state index contributed by atoms with van der Waals surface area (Å²) >= 11 is 0. The van der Waals surface area contributed by atoms with Crippen molar-refractivity contribution in [3.8, 4) is 5.75 Å². The standard InChI is InChI=1S/C21H23NO5/c1-13-7-5-10-19(14(13)2)26-12-20(24)27-16(4)21(25)22-18-9-6-8-17(11-18)15(3)23/h5-11,16H,12H2,1-4H3,(H,22,25)/t16-/m1/s1. The first-order chi connectivity index (χ1) is 12.8. The monoisotopic (exact) mass is 369 g/mol. The van der Waals surface area contributed by atoms with E-state index in [0.29, 0.717) is 17.0 Å². The molecule has 6 nitrogen and oxygen atoms in total. The van der Waals surface area contributed by atoms with Crippen LogP contribution in [0.25, 0.3) is 0 Å². The van der Waals surface area contributed by atoms with Gasteiger partial charge in [-0.2, -0.15) is 0 Å². The number of carbonyl (C=O) groups excluding carboxylic acids is 3. The van der Waals surface area contributed by atoms with E-state index in [9.17, 15) is 14.4 Å². The molecule has 27 heavy (non-hydrogen) atoms. The summed E-state index contributed by atoms with van der Waals surface area (Å²) in [6.07, 6.45) is -0.999. The number of amides is 1. The van der Waals surface area contributed by atoms with Crippen LogP contribution >= 0.6 is 0 Å². The van der Waals surface area contributed by atoms with Crippen LogP contribution in [0.5, 0.6) is 5.75 Å². The Hall–Kier alpha value is -3.15. The molecule has 0 unspecified atom stereocenters. The molecule has 0 saturated carbocycles. The summed E-state index contributed by atoms with van der Waals surface area (Å²) in [5.41, 5.74) is 2.95. The number of ketones is 1. The van der Waals surface area contributed by atoms with Crippen LogP contribution in [-0.2, 0) is 14.3 Å². The summed E-state index contributed by atoms with van der Waals surface area (Å²) < 4.78 is 10.6. The molecular formula is C21H23NO5. The van der Waals surface area contributed by atoms with Crippen LogP contribution in [0.2, 0.25) is 0 Å². The number of Topliss-reactive ketones (excluding diaryl/α,β-unsaturated/α-hetero) is 1. The molecule has 2 rings (SSSR count). The molecule has 1 amide bonds. The van der Waals surface area contributed by atoms with Crippen LogP contribution < -0.4 is 10.1 Å². The van der Waals surface area contributed by atoms with Crippen molar-refractivity contribution in [1.82, 2.24) is 0 Å². The molecule has 0 radical (unpaired) electrons. The van der Waals surface area contributed by atoms with Gasteiger partial charge in [0.2, 0.25) is 0 Å². The van der Waals surface area contributed by atoms with Gasteiger partial charge >= 0.3 is 5.97 Å². The smallest absolute Gasteiger partial charge is 0.344 e. The molecule has 0 aliphatic rings. The number of rotatable bonds is 7. The van der Waals surface area contributed by atoms with Crippen LogP contribution in [0.3, 0.4) is 0 Å². The molecular weight excluding hydrogens is 346 g/mol. The van der Waals surface area contributed by atoms with Gasteiger partial charge in [0.05, 0.1) is 0 Å². The lowest BCUT2D eigenvalue weighted by atomic mass is 10.1. The molecule has 0 heterocycles. The predicted octanol–water partition coefficient (Wildman–Crippen LogP) is 3.46. The predicted molar refractivity (Wildman–Crippen MR) is 102 cm³/mol. The molecule has 2 aromatic carbocycles. The van der Waals surface area contributed by atoms with Gasteiger partial charge in [0.25, 0.3) is 5.91 Å². The van der Waals surface area contributed by atoms with E-state index >= 15 is 0 Å². The molecule has 0 fully saturated rings. The normalized spacial score (nSPS) is 11.4. The third kappa shape index (κ3) is 5.67. The van der Waals surface area contributed by atoms with Crippen molar-refractivity contribution in [2.45, 2.75) is 33.8 Å². The minimum Gasteiger partial charge on any atom is -0.482 e. The summed E-state index contributed by atoms with van der Waals surface area (Å²) in [5.74, 6) is -0.633. The number of ether oxygens (including phenoxy) is 2. The minimum absolute atomic E-state index is 0.103. The molecule has 0 aromatic heterocycles. The fourth-order valence-corrected chi connectivity index (χ4v) is 2.36. The largest absolute Gasteiger partial charge is 0.482 e. The van der Waals surface area contributed by atoms with E-state index < -0.39 is 18.0 Å². The van der Waals surface area contributed by atoms with E-state index in [1.165, 1.54) is 13.8 Å². The number of nitrogens with one attached hydrogen (secondary N) is 1. The first-order valence-corrected chi connectivity index (χ1v) is 8.58. The van der Waals surface area contributed by atoms with Gasteiger partial charge in [-0.05, 0) is 57.0 Å². The number of benzene rings is 2.